The van der Waals surface area contributed by atoms with Gasteiger partial charge in [0.25, 0.3) is 5.56 Å². The molecule has 150 valence electrons. The first-order valence-electron chi connectivity index (χ1n) is 9.74. The number of aromatic amines is 2. The molecule has 0 spiro atoms. The summed E-state index contributed by atoms with van der Waals surface area (Å²) in [5.74, 6) is 0. The molecule has 7 heteroatoms. The third-order valence-corrected chi connectivity index (χ3v) is 6.25. The van der Waals surface area contributed by atoms with Gasteiger partial charge in [0, 0.05) is 34.1 Å². The third kappa shape index (κ3) is 3.43. The van der Waals surface area contributed by atoms with E-state index in [0.717, 1.165) is 37.6 Å². The molecule has 0 radical (unpaired) electrons. The fourth-order valence-electron chi connectivity index (χ4n) is 3.72. The molecule has 0 unspecified atom stereocenters. The van der Waals surface area contributed by atoms with Crippen molar-refractivity contribution in [1.29, 1.82) is 5.26 Å². The number of benzene rings is 2. The van der Waals surface area contributed by atoms with Crippen LogP contribution in [0.4, 0.5) is 0 Å². The summed E-state index contributed by atoms with van der Waals surface area (Å²) in [5, 5.41) is 16.7. The van der Waals surface area contributed by atoms with Crippen LogP contribution in [0.5, 0.6) is 0 Å². The second kappa shape index (κ2) is 7.67. The van der Waals surface area contributed by atoms with Crippen molar-refractivity contribution >= 4 is 22.2 Å². The SMILES string of the molecule is Cc1[nH][nH]c(=O)c1-c1cc(-c2ncc(Cc3ccccc3C#N)s2)c2ccccc2n1. The first-order valence-corrected chi connectivity index (χ1v) is 10.6. The summed E-state index contributed by atoms with van der Waals surface area (Å²) in [6, 6.07) is 19.7. The van der Waals surface area contributed by atoms with Crippen LogP contribution >= 0.6 is 11.3 Å². The van der Waals surface area contributed by atoms with Gasteiger partial charge in [0.2, 0.25) is 0 Å². The Bertz CT molecular complexity index is 1520. The number of nitriles is 1. The summed E-state index contributed by atoms with van der Waals surface area (Å²) >= 11 is 1.59. The number of pyridine rings is 1. The van der Waals surface area contributed by atoms with E-state index in [1.54, 1.807) is 11.3 Å². The minimum atomic E-state index is -0.195. The molecule has 5 rings (SSSR count). The Morgan fingerprint density at radius 2 is 1.90 bits per heavy atom. The zero-order chi connectivity index (χ0) is 21.4. The fourth-order valence-corrected chi connectivity index (χ4v) is 4.69. The average Bonchev–Trinajstić information content (AvgIpc) is 3.39. The molecule has 0 aliphatic carbocycles. The number of H-pyrrole nitrogens is 2. The highest BCUT2D eigenvalue weighted by molar-refractivity contribution is 7.15. The van der Waals surface area contributed by atoms with E-state index in [4.69, 9.17) is 4.98 Å². The first kappa shape index (κ1) is 19.0. The quantitative estimate of drug-likeness (QED) is 0.433. The summed E-state index contributed by atoms with van der Waals surface area (Å²) in [7, 11) is 0. The van der Waals surface area contributed by atoms with E-state index in [9.17, 15) is 10.1 Å². The molecule has 0 saturated heterocycles. The molecule has 31 heavy (non-hydrogen) atoms. The number of rotatable bonds is 4. The maximum absolute atomic E-state index is 12.3. The van der Waals surface area contributed by atoms with Gasteiger partial charge < -0.3 is 5.10 Å². The minimum absolute atomic E-state index is 0.195. The molecule has 3 heterocycles. The summed E-state index contributed by atoms with van der Waals surface area (Å²) in [6.45, 7) is 1.85. The Kier molecular flexibility index (Phi) is 4.69. The van der Waals surface area contributed by atoms with Gasteiger partial charge in [0.15, 0.2) is 0 Å². The first-order chi connectivity index (χ1) is 15.1. The van der Waals surface area contributed by atoms with Crippen LogP contribution in [0.15, 0.2) is 65.6 Å². The fraction of sp³-hybridized carbons (Fsp3) is 0.0833. The van der Waals surface area contributed by atoms with Crippen molar-refractivity contribution in [3.63, 3.8) is 0 Å². The van der Waals surface area contributed by atoms with Gasteiger partial charge in [-0.15, -0.1) is 11.3 Å². The van der Waals surface area contributed by atoms with Crippen molar-refractivity contribution in [2.75, 3.05) is 0 Å². The predicted octanol–water partition coefficient (Wildman–Crippen LogP) is 4.81. The Morgan fingerprint density at radius 3 is 2.71 bits per heavy atom. The predicted molar refractivity (Wildman–Crippen MR) is 122 cm³/mol. The number of nitrogens with zero attached hydrogens (tertiary/aromatic N) is 3. The van der Waals surface area contributed by atoms with E-state index in [0.29, 0.717) is 23.2 Å². The van der Waals surface area contributed by atoms with Crippen LogP contribution in [0, 0.1) is 18.3 Å². The summed E-state index contributed by atoms with van der Waals surface area (Å²) in [6.07, 6.45) is 2.51. The van der Waals surface area contributed by atoms with Gasteiger partial charge in [-0.05, 0) is 30.7 Å². The van der Waals surface area contributed by atoms with E-state index in [1.807, 2.05) is 67.7 Å². The second-order valence-electron chi connectivity index (χ2n) is 7.23. The van der Waals surface area contributed by atoms with Crippen molar-refractivity contribution in [3.05, 3.63) is 92.8 Å². The maximum Gasteiger partial charge on any atom is 0.273 e. The number of nitrogens with one attached hydrogen (secondary N) is 2. The van der Waals surface area contributed by atoms with Crippen LogP contribution in [-0.4, -0.2) is 20.2 Å². The van der Waals surface area contributed by atoms with Gasteiger partial charge in [0.05, 0.1) is 28.4 Å². The number of fused-ring (bicyclic) bond motifs is 1. The molecule has 0 bridgehead atoms. The summed E-state index contributed by atoms with van der Waals surface area (Å²) in [5.41, 5.74) is 5.09. The Balaban J connectivity index is 1.62. The smallest absolute Gasteiger partial charge is 0.273 e. The van der Waals surface area contributed by atoms with Crippen LogP contribution in [0.1, 0.15) is 21.7 Å². The zero-order valence-electron chi connectivity index (χ0n) is 16.6. The topological polar surface area (TPSA) is 98.2 Å². The van der Waals surface area contributed by atoms with E-state index >= 15 is 0 Å². The van der Waals surface area contributed by atoms with Gasteiger partial charge >= 0.3 is 0 Å². The highest BCUT2D eigenvalue weighted by atomic mass is 32.1. The van der Waals surface area contributed by atoms with E-state index in [-0.39, 0.29) is 5.56 Å². The summed E-state index contributed by atoms with van der Waals surface area (Å²) in [4.78, 5) is 22.8. The number of para-hydroxylation sites is 1. The van der Waals surface area contributed by atoms with Crippen molar-refractivity contribution in [3.8, 4) is 27.9 Å². The highest BCUT2D eigenvalue weighted by Crippen LogP contribution is 2.34. The van der Waals surface area contributed by atoms with E-state index < -0.39 is 0 Å². The number of aryl methyl sites for hydroxylation is 1. The summed E-state index contributed by atoms with van der Waals surface area (Å²) < 4.78 is 0. The van der Waals surface area contributed by atoms with Crippen molar-refractivity contribution < 1.29 is 0 Å². The second-order valence-corrected chi connectivity index (χ2v) is 8.34. The van der Waals surface area contributed by atoms with Crippen LogP contribution < -0.4 is 5.56 Å². The number of hydrogen-bond acceptors (Lipinski definition) is 5. The van der Waals surface area contributed by atoms with Crippen LogP contribution in [0.25, 0.3) is 32.7 Å². The van der Waals surface area contributed by atoms with Gasteiger partial charge in [-0.2, -0.15) is 5.26 Å². The molecule has 2 aromatic carbocycles. The molecule has 0 saturated carbocycles. The molecule has 6 nitrogen and oxygen atoms in total. The molecule has 5 aromatic rings. The highest BCUT2D eigenvalue weighted by Gasteiger charge is 2.17. The third-order valence-electron chi connectivity index (χ3n) is 5.22. The Hall–Kier alpha value is -4.02. The van der Waals surface area contributed by atoms with Crippen LogP contribution in [0.2, 0.25) is 0 Å². The number of thiazole rings is 1. The van der Waals surface area contributed by atoms with Crippen molar-refractivity contribution in [2.45, 2.75) is 13.3 Å². The van der Waals surface area contributed by atoms with Gasteiger partial charge in [-0.3, -0.25) is 9.89 Å². The molecule has 0 atom stereocenters. The lowest BCUT2D eigenvalue weighted by Gasteiger charge is -2.07. The van der Waals surface area contributed by atoms with Gasteiger partial charge in [-0.25, -0.2) is 9.97 Å². The normalized spacial score (nSPS) is 11.0. The number of hydrogen-bond donors (Lipinski definition) is 2. The minimum Gasteiger partial charge on any atom is -0.302 e. The monoisotopic (exact) mass is 423 g/mol. The van der Waals surface area contributed by atoms with E-state index in [1.165, 1.54) is 0 Å². The van der Waals surface area contributed by atoms with Gasteiger partial charge in [-0.1, -0.05) is 36.4 Å². The van der Waals surface area contributed by atoms with Crippen LogP contribution in [0.3, 0.4) is 0 Å². The molecular weight excluding hydrogens is 406 g/mol. The molecule has 0 amide bonds. The lowest BCUT2D eigenvalue weighted by molar-refractivity contribution is 1.02. The largest absolute Gasteiger partial charge is 0.302 e. The van der Waals surface area contributed by atoms with Crippen molar-refractivity contribution in [2.24, 2.45) is 0 Å². The Morgan fingerprint density at radius 1 is 1.10 bits per heavy atom. The zero-order valence-corrected chi connectivity index (χ0v) is 17.5. The molecule has 0 fully saturated rings. The number of aromatic nitrogens is 4. The molecular formula is C24H17N5OS. The lowest BCUT2D eigenvalue weighted by atomic mass is 10.0. The maximum atomic E-state index is 12.3. The Labute approximate surface area is 181 Å². The lowest BCUT2D eigenvalue weighted by Crippen LogP contribution is -2.03. The average molecular weight is 424 g/mol. The van der Waals surface area contributed by atoms with Gasteiger partial charge in [0.1, 0.15) is 5.01 Å². The van der Waals surface area contributed by atoms with Crippen molar-refractivity contribution in [1.82, 2.24) is 20.2 Å². The molecule has 0 aliphatic heterocycles. The van der Waals surface area contributed by atoms with Crippen LogP contribution in [-0.2, 0) is 6.42 Å². The van der Waals surface area contributed by atoms with E-state index in [2.05, 4.69) is 21.3 Å². The molecule has 3 aromatic heterocycles. The standard InChI is InChI=1S/C24H17N5OS/c1-14-22(23(30)29-28-14)21-11-19(18-8-4-5-9-20(18)27-21)24-26-13-17(31-24)10-15-6-2-3-7-16(15)12-25/h2-9,11,13H,10H2,1H3,(H2,28,29,30). The molecule has 0 aliphatic rings. The molecule has 2 N–H and O–H groups in total.